The second-order valence-electron chi connectivity index (χ2n) is 5.36. The van der Waals surface area contributed by atoms with E-state index in [4.69, 9.17) is 23.2 Å². The summed E-state index contributed by atoms with van der Waals surface area (Å²) in [5.41, 5.74) is 0.644. The van der Waals surface area contributed by atoms with Crippen LogP contribution in [0.5, 0.6) is 0 Å². The van der Waals surface area contributed by atoms with Crippen LogP contribution < -0.4 is 5.32 Å². The van der Waals surface area contributed by atoms with Gasteiger partial charge in [-0.15, -0.1) is 0 Å². The maximum atomic E-state index is 12.6. The van der Waals surface area contributed by atoms with Crippen molar-refractivity contribution in [1.82, 2.24) is 14.9 Å². The van der Waals surface area contributed by atoms with Crippen molar-refractivity contribution in [1.29, 1.82) is 0 Å². The van der Waals surface area contributed by atoms with Gasteiger partial charge in [-0.25, -0.2) is 4.98 Å². The highest BCUT2D eigenvalue weighted by molar-refractivity contribution is 6.35. The Bertz CT molecular complexity index is 770. The van der Waals surface area contributed by atoms with Gasteiger partial charge in [-0.3, -0.25) is 14.6 Å². The molecule has 1 N–H and O–H groups in total. The summed E-state index contributed by atoms with van der Waals surface area (Å²) in [4.78, 5) is 34.5. The highest BCUT2D eigenvalue weighted by Gasteiger charge is 2.35. The van der Waals surface area contributed by atoms with Crippen LogP contribution in [0.2, 0.25) is 10.0 Å². The van der Waals surface area contributed by atoms with Crippen LogP contribution in [-0.4, -0.2) is 39.3 Å². The summed E-state index contributed by atoms with van der Waals surface area (Å²) >= 11 is 12.0. The fourth-order valence-corrected chi connectivity index (χ4v) is 2.99. The number of amides is 2. The number of halogens is 2. The Morgan fingerprint density at radius 2 is 2.08 bits per heavy atom. The molecule has 1 aliphatic heterocycles. The zero-order valence-electron chi connectivity index (χ0n) is 12.6. The van der Waals surface area contributed by atoms with Crippen LogP contribution >= 0.6 is 23.2 Å². The van der Waals surface area contributed by atoms with Crippen molar-refractivity contribution >= 4 is 40.7 Å². The molecule has 0 aliphatic carbocycles. The average molecular weight is 365 g/mol. The van der Waals surface area contributed by atoms with Crippen LogP contribution in [0.3, 0.4) is 0 Å². The minimum atomic E-state index is -0.574. The minimum Gasteiger partial charge on any atom is -0.325 e. The van der Waals surface area contributed by atoms with Gasteiger partial charge in [0, 0.05) is 24.0 Å². The molecule has 2 aromatic rings. The summed E-state index contributed by atoms with van der Waals surface area (Å²) in [6, 6.07) is 4.25. The Morgan fingerprint density at radius 3 is 2.83 bits per heavy atom. The van der Waals surface area contributed by atoms with Gasteiger partial charge >= 0.3 is 0 Å². The lowest BCUT2D eigenvalue weighted by molar-refractivity contribution is -0.119. The minimum absolute atomic E-state index is 0.220. The number of hydrogen-bond donors (Lipinski definition) is 1. The van der Waals surface area contributed by atoms with Gasteiger partial charge in [-0.05, 0) is 31.0 Å². The first-order valence-electron chi connectivity index (χ1n) is 7.39. The SMILES string of the molecule is O=C(Nc1cc(Cl)ccc1Cl)C1CCCN1C(=O)c1cnccn1. The molecule has 2 heterocycles. The van der Waals surface area contributed by atoms with Crippen molar-refractivity contribution in [3.8, 4) is 0 Å². The van der Waals surface area contributed by atoms with Crippen molar-refractivity contribution < 1.29 is 9.59 Å². The monoisotopic (exact) mass is 364 g/mol. The van der Waals surface area contributed by atoms with E-state index in [1.165, 1.54) is 23.5 Å². The first-order valence-corrected chi connectivity index (χ1v) is 8.15. The van der Waals surface area contributed by atoms with E-state index in [0.29, 0.717) is 28.7 Å². The van der Waals surface area contributed by atoms with Crippen LogP contribution in [0.1, 0.15) is 23.3 Å². The van der Waals surface area contributed by atoms with Crippen LogP contribution in [0.4, 0.5) is 5.69 Å². The number of nitrogens with one attached hydrogen (secondary N) is 1. The predicted molar refractivity (Wildman–Crippen MR) is 91.2 cm³/mol. The topological polar surface area (TPSA) is 75.2 Å². The molecule has 1 aliphatic rings. The molecule has 0 bridgehead atoms. The van der Waals surface area contributed by atoms with Gasteiger partial charge in [-0.1, -0.05) is 23.2 Å². The van der Waals surface area contributed by atoms with Gasteiger partial charge in [0.1, 0.15) is 11.7 Å². The number of anilines is 1. The molecule has 8 heteroatoms. The highest BCUT2D eigenvalue weighted by atomic mass is 35.5. The van der Waals surface area contributed by atoms with Crippen molar-refractivity contribution in [2.75, 3.05) is 11.9 Å². The molecule has 0 saturated carbocycles. The Kier molecular flexibility index (Phi) is 4.97. The normalized spacial score (nSPS) is 16.9. The summed E-state index contributed by atoms with van der Waals surface area (Å²) in [5, 5.41) is 3.60. The number of carbonyl (C=O) groups is 2. The van der Waals surface area contributed by atoms with Gasteiger partial charge in [0.25, 0.3) is 5.91 Å². The molecule has 3 rings (SSSR count). The Balaban J connectivity index is 1.76. The van der Waals surface area contributed by atoms with Gasteiger partial charge in [-0.2, -0.15) is 0 Å². The molecule has 124 valence electrons. The largest absolute Gasteiger partial charge is 0.325 e. The zero-order valence-corrected chi connectivity index (χ0v) is 14.1. The maximum absolute atomic E-state index is 12.6. The van der Waals surface area contributed by atoms with E-state index in [-0.39, 0.29) is 17.5 Å². The molecule has 1 saturated heterocycles. The molecule has 0 spiro atoms. The molecule has 1 atom stereocenters. The summed E-state index contributed by atoms with van der Waals surface area (Å²) < 4.78 is 0. The number of nitrogens with zero attached hydrogens (tertiary/aromatic N) is 3. The van der Waals surface area contributed by atoms with Crippen molar-refractivity contribution in [2.45, 2.75) is 18.9 Å². The van der Waals surface area contributed by atoms with Crippen LogP contribution in [0, 0.1) is 0 Å². The summed E-state index contributed by atoms with van der Waals surface area (Å²) in [5.74, 6) is -0.605. The Morgan fingerprint density at radius 1 is 1.25 bits per heavy atom. The van der Waals surface area contributed by atoms with E-state index in [2.05, 4.69) is 15.3 Å². The summed E-state index contributed by atoms with van der Waals surface area (Å²) in [6.45, 7) is 0.497. The molecule has 2 amide bonds. The molecule has 1 unspecified atom stereocenters. The van der Waals surface area contributed by atoms with E-state index in [9.17, 15) is 9.59 Å². The quantitative estimate of drug-likeness (QED) is 0.907. The number of hydrogen-bond acceptors (Lipinski definition) is 4. The van der Waals surface area contributed by atoms with Gasteiger partial charge in [0.2, 0.25) is 5.91 Å². The summed E-state index contributed by atoms with van der Waals surface area (Å²) in [7, 11) is 0. The Hall–Kier alpha value is -2.18. The molecule has 1 aromatic carbocycles. The lowest BCUT2D eigenvalue weighted by atomic mass is 10.2. The summed E-state index contributed by atoms with van der Waals surface area (Å²) in [6.07, 6.45) is 5.66. The van der Waals surface area contributed by atoms with Crippen molar-refractivity contribution in [2.24, 2.45) is 0 Å². The van der Waals surface area contributed by atoms with E-state index in [1.807, 2.05) is 0 Å². The lowest BCUT2D eigenvalue weighted by Crippen LogP contribution is -2.43. The molecule has 6 nitrogen and oxygen atoms in total. The first-order chi connectivity index (χ1) is 11.6. The third-order valence-electron chi connectivity index (χ3n) is 3.78. The fourth-order valence-electron chi connectivity index (χ4n) is 2.65. The number of likely N-dealkylation sites (tertiary alicyclic amines) is 1. The van der Waals surface area contributed by atoms with Gasteiger partial charge in [0.05, 0.1) is 16.9 Å². The molecule has 1 fully saturated rings. The average Bonchev–Trinajstić information content (AvgIpc) is 3.08. The molecule has 1 aromatic heterocycles. The smallest absolute Gasteiger partial charge is 0.274 e. The fraction of sp³-hybridized carbons (Fsp3) is 0.250. The zero-order chi connectivity index (χ0) is 17.1. The lowest BCUT2D eigenvalue weighted by Gasteiger charge is -2.23. The van der Waals surface area contributed by atoms with E-state index >= 15 is 0 Å². The first kappa shape index (κ1) is 16.7. The Labute approximate surface area is 148 Å². The maximum Gasteiger partial charge on any atom is 0.274 e. The highest BCUT2D eigenvalue weighted by Crippen LogP contribution is 2.27. The van der Waals surface area contributed by atoms with E-state index < -0.39 is 6.04 Å². The van der Waals surface area contributed by atoms with Crippen LogP contribution in [-0.2, 0) is 4.79 Å². The standard InChI is InChI=1S/C16H14Cl2N4O2/c17-10-3-4-11(18)12(8-10)21-15(23)14-2-1-7-22(14)16(24)13-9-19-5-6-20-13/h3-6,8-9,14H,1-2,7H2,(H,21,23). The molecule has 24 heavy (non-hydrogen) atoms. The second-order valence-corrected chi connectivity index (χ2v) is 6.20. The van der Waals surface area contributed by atoms with Crippen molar-refractivity contribution in [3.63, 3.8) is 0 Å². The van der Waals surface area contributed by atoms with Crippen LogP contribution in [0.15, 0.2) is 36.8 Å². The number of rotatable bonds is 3. The van der Waals surface area contributed by atoms with E-state index in [1.54, 1.807) is 18.2 Å². The predicted octanol–water partition coefficient (Wildman–Crippen LogP) is 3.03. The van der Waals surface area contributed by atoms with Crippen LogP contribution in [0.25, 0.3) is 0 Å². The molecular weight excluding hydrogens is 351 g/mol. The second kappa shape index (κ2) is 7.15. The number of benzene rings is 1. The molecular formula is C16H14Cl2N4O2. The molecule has 0 radical (unpaired) electrons. The number of carbonyl (C=O) groups excluding carboxylic acids is 2. The van der Waals surface area contributed by atoms with Crippen molar-refractivity contribution in [3.05, 3.63) is 52.5 Å². The number of aromatic nitrogens is 2. The third-order valence-corrected chi connectivity index (χ3v) is 4.35. The van der Waals surface area contributed by atoms with Gasteiger partial charge in [0.15, 0.2) is 0 Å². The van der Waals surface area contributed by atoms with E-state index in [0.717, 1.165) is 6.42 Å². The third kappa shape index (κ3) is 3.49. The van der Waals surface area contributed by atoms with Gasteiger partial charge < -0.3 is 10.2 Å².